The fraction of sp³-hybridized carbons (Fsp3) is 0.222. The highest BCUT2D eigenvalue weighted by molar-refractivity contribution is 7.17. The number of hydrogen-bond donors (Lipinski definition) is 1. The Morgan fingerprint density at radius 3 is 2.65 bits per heavy atom. The Morgan fingerprint density at radius 1 is 0.950 bits per heavy atom. The first-order chi connectivity index (χ1) is 9.88. The lowest BCUT2D eigenvalue weighted by Crippen LogP contribution is -2.33. The minimum absolute atomic E-state index is 0.622. The number of anilines is 1. The highest BCUT2D eigenvalue weighted by Crippen LogP contribution is 2.38. The van der Waals surface area contributed by atoms with Crippen molar-refractivity contribution in [3.63, 3.8) is 0 Å². The number of nitrogens with one attached hydrogen (secondary N) is 1. The number of hydrogen-bond acceptors (Lipinski definition) is 2. The molecule has 1 heterocycles. The second-order valence-electron chi connectivity index (χ2n) is 5.59. The minimum Gasteiger partial charge on any atom is -0.382 e. The normalized spacial score (nSPS) is 21.6. The molecule has 100 valence electrons. The van der Waals surface area contributed by atoms with Crippen molar-refractivity contribution in [3.8, 4) is 0 Å². The maximum absolute atomic E-state index is 3.66. The van der Waals surface area contributed by atoms with Gasteiger partial charge in [-0.3, -0.25) is 0 Å². The Labute approximate surface area is 123 Å². The van der Waals surface area contributed by atoms with Crippen LogP contribution in [-0.4, -0.2) is 6.04 Å². The minimum atomic E-state index is 0.622. The molecule has 0 atom stereocenters. The van der Waals surface area contributed by atoms with Gasteiger partial charge in [0, 0.05) is 16.4 Å². The van der Waals surface area contributed by atoms with Gasteiger partial charge >= 0.3 is 0 Å². The molecule has 2 heteroatoms. The molecule has 1 aliphatic rings. The third kappa shape index (κ3) is 2.20. The largest absolute Gasteiger partial charge is 0.382 e. The van der Waals surface area contributed by atoms with Crippen LogP contribution in [0.25, 0.3) is 10.1 Å². The van der Waals surface area contributed by atoms with E-state index in [0.29, 0.717) is 6.04 Å². The second kappa shape index (κ2) is 4.95. The molecule has 1 aromatic heterocycles. The van der Waals surface area contributed by atoms with Crippen LogP contribution in [0.2, 0.25) is 0 Å². The molecule has 0 radical (unpaired) electrons. The van der Waals surface area contributed by atoms with E-state index in [9.17, 15) is 0 Å². The molecule has 20 heavy (non-hydrogen) atoms. The highest BCUT2D eigenvalue weighted by Gasteiger charge is 2.29. The van der Waals surface area contributed by atoms with Crippen molar-refractivity contribution in [1.82, 2.24) is 0 Å². The van der Waals surface area contributed by atoms with Gasteiger partial charge in [-0.1, -0.05) is 30.3 Å². The fourth-order valence-corrected chi connectivity index (χ4v) is 3.80. The summed E-state index contributed by atoms with van der Waals surface area (Å²) in [6.07, 6.45) is 2.48. The van der Waals surface area contributed by atoms with Crippen LogP contribution in [0.15, 0.2) is 60.0 Å². The molecule has 0 spiro atoms. The quantitative estimate of drug-likeness (QED) is 0.689. The predicted molar refractivity (Wildman–Crippen MR) is 87.7 cm³/mol. The molecule has 1 nitrogen and oxygen atoms in total. The third-order valence-electron chi connectivity index (χ3n) is 4.23. The lowest BCUT2D eigenvalue weighted by atomic mass is 9.76. The van der Waals surface area contributed by atoms with Crippen molar-refractivity contribution < 1.29 is 0 Å². The summed E-state index contributed by atoms with van der Waals surface area (Å²) in [4.78, 5) is 0. The van der Waals surface area contributed by atoms with Crippen molar-refractivity contribution in [2.75, 3.05) is 5.32 Å². The van der Waals surface area contributed by atoms with E-state index in [1.54, 1.807) is 11.3 Å². The number of fused-ring (bicyclic) bond motifs is 1. The van der Waals surface area contributed by atoms with Crippen LogP contribution in [-0.2, 0) is 0 Å². The SMILES string of the molecule is c1ccc(C2CC(Nc3ccc4sccc4c3)C2)cc1. The summed E-state index contributed by atoms with van der Waals surface area (Å²) in [5.41, 5.74) is 2.74. The summed E-state index contributed by atoms with van der Waals surface area (Å²) >= 11 is 1.80. The lowest BCUT2D eigenvalue weighted by molar-refractivity contribution is 0.374. The molecule has 0 unspecified atom stereocenters. The van der Waals surface area contributed by atoms with E-state index in [-0.39, 0.29) is 0 Å². The highest BCUT2D eigenvalue weighted by atomic mass is 32.1. The summed E-state index contributed by atoms with van der Waals surface area (Å²) in [6, 6.07) is 20.4. The van der Waals surface area contributed by atoms with Gasteiger partial charge in [0.1, 0.15) is 0 Å². The van der Waals surface area contributed by atoms with Crippen LogP contribution in [0, 0.1) is 0 Å². The summed E-state index contributed by atoms with van der Waals surface area (Å²) in [7, 11) is 0. The Hall–Kier alpha value is -1.80. The van der Waals surface area contributed by atoms with E-state index in [4.69, 9.17) is 0 Å². The van der Waals surface area contributed by atoms with Gasteiger partial charge in [0.05, 0.1) is 0 Å². The van der Waals surface area contributed by atoms with E-state index in [0.717, 1.165) is 5.92 Å². The molecular weight excluding hydrogens is 262 g/mol. The Balaban J connectivity index is 1.41. The maximum atomic E-state index is 3.66. The van der Waals surface area contributed by atoms with E-state index in [1.807, 2.05) is 0 Å². The summed E-state index contributed by atoms with van der Waals surface area (Å²) in [6.45, 7) is 0. The first kappa shape index (κ1) is 12.0. The van der Waals surface area contributed by atoms with Gasteiger partial charge in [-0.2, -0.15) is 0 Å². The van der Waals surface area contributed by atoms with E-state index < -0.39 is 0 Å². The Morgan fingerprint density at radius 2 is 1.80 bits per heavy atom. The van der Waals surface area contributed by atoms with Crippen molar-refractivity contribution >= 4 is 27.1 Å². The monoisotopic (exact) mass is 279 g/mol. The van der Waals surface area contributed by atoms with Crippen LogP contribution in [0.5, 0.6) is 0 Å². The van der Waals surface area contributed by atoms with E-state index in [1.165, 1.54) is 34.2 Å². The number of rotatable bonds is 3. The Bertz CT molecular complexity index is 710. The van der Waals surface area contributed by atoms with Gasteiger partial charge < -0.3 is 5.32 Å². The fourth-order valence-electron chi connectivity index (χ4n) is 3.03. The topological polar surface area (TPSA) is 12.0 Å². The molecular formula is C18H17NS. The molecule has 0 amide bonds. The second-order valence-corrected chi connectivity index (χ2v) is 6.54. The zero-order valence-electron chi connectivity index (χ0n) is 11.3. The molecule has 0 bridgehead atoms. The van der Waals surface area contributed by atoms with Crippen LogP contribution in [0.3, 0.4) is 0 Å². The van der Waals surface area contributed by atoms with Crippen LogP contribution >= 0.6 is 11.3 Å². The van der Waals surface area contributed by atoms with Crippen LogP contribution < -0.4 is 5.32 Å². The number of benzene rings is 2. The van der Waals surface area contributed by atoms with Crippen molar-refractivity contribution in [3.05, 3.63) is 65.5 Å². The van der Waals surface area contributed by atoms with Crippen LogP contribution in [0.4, 0.5) is 5.69 Å². The van der Waals surface area contributed by atoms with Crippen LogP contribution in [0.1, 0.15) is 24.3 Å². The van der Waals surface area contributed by atoms with Crippen molar-refractivity contribution in [2.45, 2.75) is 24.8 Å². The maximum Gasteiger partial charge on any atom is 0.0349 e. The molecule has 1 aliphatic carbocycles. The number of thiophene rings is 1. The standard InChI is InChI=1S/C18H17NS/c1-2-4-13(5-3-1)15-11-17(12-15)19-16-6-7-18-14(10-16)8-9-20-18/h1-10,15,17,19H,11-12H2. The molecule has 2 aromatic carbocycles. The smallest absolute Gasteiger partial charge is 0.0349 e. The molecule has 4 rings (SSSR count). The first-order valence-corrected chi connectivity index (χ1v) is 8.05. The van der Waals surface area contributed by atoms with Gasteiger partial charge in [-0.25, -0.2) is 0 Å². The molecule has 1 fully saturated rings. The molecule has 3 aromatic rings. The zero-order valence-corrected chi connectivity index (χ0v) is 12.1. The zero-order chi connectivity index (χ0) is 13.4. The van der Waals surface area contributed by atoms with Crippen molar-refractivity contribution in [1.29, 1.82) is 0 Å². The molecule has 0 saturated heterocycles. The Kier molecular flexibility index (Phi) is 2.96. The van der Waals surface area contributed by atoms with E-state index in [2.05, 4.69) is 65.3 Å². The van der Waals surface area contributed by atoms with Gasteiger partial charge in [0.15, 0.2) is 0 Å². The van der Waals surface area contributed by atoms with Gasteiger partial charge in [0.25, 0.3) is 0 Å². The lowest BCUT2D eigenvalue weighted by Gasteiger charge is -2.37. The summed E-state index contributed by atoms with van der Waals surface area (Å²) in [5.74, 6) is 0.735. The van der Waals surface area contributed by atoms with Gasteiger partial charge in [0.2, 0.25) is 0 Å². The molecule has 1 saturated carbocycles. The molecule has 1 N–H and O–H groups in total. The summed E-state index contributed by atoms with van der Waals surface area (Å²) in [5, 5.41) is 7.17. The summed E-state index contributed by atoms with van der Waals surface area (Å²) < 4.78 is 1.37. The average Bonchev–Trinajstić information content (AvgIpc) is 2.91. The third-order valence-corrected chi connectivity index (χ3v) is 5.13. The first-order valence-electron chi connectivity index (χ1n) is 7.17. The van der Waals surface area contributed by atoms with Crippen molar-refractivity contribution in [2.24, 2.45) is 0 Å². The molecule has 0 aliphatic heterocycles. The predicted octanol–water partition coefficient (Wildman–Crippen LogP) is 5.26. The van der Waals surface area contributed by atoms with Gasteiger partial charge in [-0.05, 0) is 59.4 Å². The van der Waals surface area contributed by atoms with E-state index >= 15 is 0 Å². The van der Waals surface area contributed by atoms with Gasteiger partial charge in [-0.15, -0.1) is 11.3 Å². The average molecular weight is 279 g/mol.